The van der Waals surface area contributed by atoms with Crippen molar-refractivity contribution in [3.05, 3.63) is 35.9 Å². The van der Waals surface area contributed by atoms with E-state index < -0.39 is 59.8 Å². The van der Waals surface area contributed by atoms with Crippen LogP contribution in [-0.2, 0) is 30.4 Å². The average Bonchev–Trinajstić information content (AvgIpc) is 3.06. The zero-order chi connectivity index (χ0) is 35.7. The topological polar surface area (TPSA) is 284 Å². The maximum Gasteiger partial charge on any atom is 0.326 e. The Morgan fingerprint density at radius 3 is 1.21 bits per heavy atom. The van der Waals surface area contributed by atoms with Crippen LogP contribution >= 0.6 is 0 Å². The average molecular weight is 678 g/mol. The molecule has 5 atom stereocenters. The normalized spacial score (nSPS) is 14.2. The first kappa shape index (κ1) is 42.4. The molecular weight excluding hydrogens is 618 g/mol. The van der Waals surface area contributed by atoms with Gasteiger partial charge in [-0.2, -0.15) is 0 Å². The second-order valence-corrected chi connectivity index (χ2v) is 12.0. The number of carboxylic acids is 1. The molecule has 1 rings (SSSR count). The first-order chi connectivity index (χ1) is 23.1. The number of aliphatic carboxylic acids is 1. The van der Waals surface area contributed by atoms with E-state index in [2.05, 4.69) is 21.3 Å². The van der Waals surface area contributed by atoms with Crippen LogP contribution in [-0.4, -0.2) is 91.1 Å². The molecule has 48 heavy (non-hydrogen) atoms. The third-order valence-corrected chi connectivity index (χ3v) is 7.94. The zero-order valence-corrected chi connectivity index (χ0v) is 28.2. The van der Waals surface area contributed by atoms with Gasteiger partial charge in [-0.1, -0.05) is 30.3 Å². The molecule has 0 radical (unpaired) electrons. The van der Waals surface area contributed by atoms with Crippen LogP contribution in [0.2, 0.25) is 0 Å². The van der Waals surface area contributed by atoms with Gasteiger partial charge in [0.2, 0.25) is 23.6 Å². The maximum atomic E-state index is 13.7. The van der Waals surface area contributed by atoms with Crippen LogP contribution in [0.25, 0.3) is 0 Å². The minimum atomic E-state index is -1.19. The fourth-order valence-corrected chi connectivity index (χ4v) is 5.09. The Hall–Kier alpha value is -3.63. The number of nitrogens with one attached hydrogen (secondary N) is 4. The molecule has 0 heterocycles. The molecule has 0 aromatic heterocycles. The second kappa shape index (κ2) is 25.4. The Bertz CT molecular complexity index is 1090. The Labute approximate surface area is 284 Å². The van der Waals surface area contributed by atoms with E-state index in [1.807, 2.05) is 30.3 Å². The Morgan fingerprint density at radius 2 is 0.854 bits per heavy atom. The standard InChI is InChI=1S/C33H59N9O6/c34-18-8-4-14-25(39-29(43)24(38)22-23-12-2-1-3-13-23)30(44)40-26(15-5-9-19-35)31(45)41-27(16-6-10-20-36)32(46)42-28(33(47)48)17-7-11-21-37/h1-3,12-13,24-28H,4-11,14-22,34-38H2,(H,39,43)(H,40,44)(H,41,45)(H,42,46)(H,47,48)/t24-,25-,26-,27-,28-/m0/s1. The van der Waals surface area contributed by atoms with Crippen LogP contribution in [0.15, 0.2) is 30.3 Å². The molecule has 0 unspecified atom stereocenters. The third kappa shape index (κ3) is 17.5. The van der Waals surface area contributed by atoms with Crippen LogP contribution in [0.3, 0.4) is 0 Å². The highest BCUT2D eigenvalue weighted by molar-refractivity contribution is 5.95. The van der Waals surface area contributed by atoms with Crippen molar-refractivity contribution in [2.24, 2.45) is 28.7 Å². The van der Waals surface area contributed by atoms with Gasteiger partial charge in [-0.3, -0.25) is 19.2 Å². The molecule has 15 heteroatoms. The summed E-state index contributed by atoms with van der Waals surface area (Å²) in [5, 5.41) is 20.4. The minimum Gasteiger partial charge on any atom is -0.480 e. The molecule has 0 aliphatic carbocycles. The molecule has 0 saturated carbocycles. The van der Waals surface area contributed by atoms with E-state index in [1.165, 1.54) is 0 Å². The highest BCUT2D eigenvalue weighted by Gasteiger charge is 2.31. The number of hydrogen-bond donors (Lipinski definition) is 10. The monoisotopic (exact) mass is 677 g/mol. The quantitative estimate of drug-likeness (QED) is 0.0509. The number of nitrogens with two attached hydrogens (primary N) is 5. The highest BCUT2D eigenvalue weighted by atomic mass is 16.4. The Balaban J connectivity index is 3.12. The lowest BCUT2D eigenvalue weighted by Crippen LogP contribution is -2.58. The molecule has 0 bridgehead atoms. The van der Waals surface area contributed by atoms with E-state index in [-0.39, 0.29) is 32.1 Å². The van der Waals surface area contributed by atoms with E-state index in [0.717, 1.165) is 5.56 Å². The smallest absolute Gasteiger partial charge is 0.326 e. The predicted octanol–water partition coefficient (Wildman–Crippen LogP) is -0.904. The summed E-state index contributed by atoms with van der Waals surface area (Å²) in [5.74, 6) is -3.53. The van der Waals surface area contributed by atoms with Crippen LogP contribution in [0.4, 0.5) is 0 Å². The summed E-state index contributed by atoms with van der Waals surface area (Å²) in [6.45, 7) is 1.56. The van der Waals surface area contributed by atoms with Crippen LogP contribution in [0.1, 0.15) is 82.6 Å². The second-order valence-electron chi connectivity index (χ2n) is 12.0. The first-order valence-electron chi connectivity index (χ1n) is 17.1. The predicted molar refractivity (Wildman–Crippen MR) is 185 cm³/mol. The zero-order valence-electron chi connectivity index (χ0n) is 28.2. The van der Waals surface area contributed by atoms with Gasteiger partial charge in [0.25, 0.3) is 0 Å². The van der Waals surface area contributed by atoms with Crippen LogP contribution in [0.5, 0.6) is 0 Å². The molecule has 1 aromatic rings. The number of unbranched alkanes of at least 4 members (excludes halogenated alkanes) is 4. The van der Waals surface area contributed by atoms with Gasteiger partial charge in [-0.25, -0.2) is 4.79 Å². The van der Waals surface area contributed by atoms with Gasteiger partial charge in [0.05, 0.1) is 6.04 Å². The molecule has 0 saturated heterocycles. The van der Waals surface area contributed by atoms with Crippen molar-refractivity contribution in [2.45, 2.75) is 114 Å². The molecule has 1 aromatic carbocycles. The largest absolute Gasteiger partial charge is 0.480 e. The maximum absolute atomic E-state index is 13.7. The number of carboxylic acid groups (broad SMARTS) is 1. The number of rotatable bonds is 27. The number of carbonyl (C=O) groups is 5. The highest BCUT2D eigenvalue weighted by Crippen LogP contribution is 2.10. The van der Waals surface area contributed by atoms with Crippen LogP contribution in [0, 0.1) is 0 Å². The summed E-state index contributed by atoms with van der Waals surface area (Å²) in [7, 11) is 0. The summed E-state index contributed by atoms with van der Waals surface area (Å²) in [6.07, 6.45) is 5.64. The lowest BCUT2D eigenvalue weighted by Gasteiger charge is -2.26. The molecule has 0 spiro atoms. The number of hydrogen-bond acceptors (Lipinski definition) is 10. The van der Waals surface area contributed by atoms with Crippen molar-refractivity contribution >= 4 is 29.6 Å². The molecule has 15 nitrogen and oxygen atoms in total. The van der Waals surface area contributed by atoms with E-state index in [9.17, 15) is 29.1 Å². The molecule has 0 fully saturated rings. The van der Waals surface area contributed by atoms with E-state index in [4.69, 9.17) is 28.7 Å². The number of carbonyl (C=O) groups excluding carboxylic acids is 4. The summed E-state index contributed by atoms with van der Waals surface area (Å²) >= 11 is 0. The van der Waals surface area contributed by atoms with Gasteiger partial charge in [-0.05, 0) is 115 Å². The van der Waals surface area contributed by atoms with E-state index in [0.29, 0.717) is 77.5 Å². The van der Waals surface area contributed by atoms with Gasteiger partial charge in [0.15, 0.2) is 0 Å². The Morgan fingerprint density at radius 1 is 0.521 bits per heavy atom. The fraction of sp³-hybridized carbons (Fsp3) is 0.667. The summed E-state index contributed by atoms with van der Waals surface area (Å²) < 4.78 is 0. The number of amides is 4. The SMILES string of the molecule is NCCCC[C@H](NC(=O)[C@H](CCCCN)NC(=O)[C@H](CCCCN)NC(=O)[C@H](CCCCN)NC(=O)[C@@H](N)Cc1ccccc1)C(=O)O. The van der Waals surface area contributed by atoms with Crippen molar-refractivity contribution in [2.75, 3.05) is 26.2 Å². The van der Waals surface area contributed by atoms with Crippen molar-refractivity contribution in [3.63, 3.8) is 0 Å². The van der Waals surface area contributed by atoms with Crippen molar-refractivity contribution in [1.29, 1.82) is 0 Å². The minimum absolute atomic E-state index is 0.186. The van der Waals surface area contributed by atoms with Crippen LogP contribution < -0.4 is 49.9 Å². The van der Waals surface area contributed by atoms with Crippen molar-refractivity contribution < 1.29 is 29.1 Å². The lowest BCUT2D eigenvalue weighted by atomic mass is 10.0. The first-order valence-corrected chi connectivity index (χ1v) is 17.1. The molecule has 4 amide bonds. The molecule has 0 aliphatic heterocycles. The molecule has 0 aliphatic rings. The fourth-order valence-electron chi connectivity index (χ4n) is 5.09. The van der Waals surface area contributed by atoms with Gasteiger partial charge in [-0.15, -0.1) is 0 Å². The molecule has 15 N–H and O–H groups in total. The summed E-state index contributed by atoms with van der Waals surface area (Å²) in [5.41, 5.74) is 29.5. The van der Waals surface area contributed by atoms with E-state index >= 15 is 0 Å². The third-order valence-electron chi connectivity index (χ3n) is 7.94. The Kier molecular flexibility index (Phi) is 22.4. The van der Waals surface area contributed by atoms with E-state index in [1.54, 1.807) is 0 Å². The van der Waals surface area contributed by atoms with Gasteiger partial charge >= 0.3 is 5.97 Å². The summed E-state index contributed by atoms with van der Waals surface area (Å²) in [4.78, 5) is 65.4. The van der Waals surface area contributed by atoms with Gasteiger partial charge < -0.3 is 55.0 Å². The van der Waals surface area contributed by atoms with Crippen molar-refractivity contribution in [1.82, 2.24) is 21.3 Å². The van der Waals surface area contributed by atoms with Gasteiger partial charge in [0.1, 0.15) is 24.2 Å². The number of benzene rings is 1. The van der Waals surface area contributed by atoms with Crippen molar-refractivity contribution in [3.8, 4) is 0 Å². The molecule has 272 valence electrons. The molecular formula is C33H59N9O6. The summed E-state index contributed by atoms with van der Waals surface area (Å²) in [6, 6.07) is 4.11. The lowest BCUT2D eigenvalue weighted by molar-refractivity contribution is -0.142. The van der Waals surface area contributed by atoms with Gasteiger partial charge in [0, 0.05) is 0 Å².